The minimum Gasteiger partial charge on any atom is -0.508 e. The van der Waals surface area contributed by atoms with Crippen LogP contribution in [-0.4, -0.2) is 63.7 Å². The van der Waals surface area contributed by atoms with Gasteiger partial charge in [-0.15, -0.1) is 0 Å². The number of halogens is 3. The fraction of sp³-hybridized carbons (Fsp3) is 0.516. The largest absolute Gasteiger partial charge is 0.508 e. The summed E-state index contributed by atoms with van der Waals surface area (Å²) < 4.78 is 39.3. The second kappa shape index (κ2) is 9.37. The van der Waals surface area contributed by atoms with Crippen LogP contribution in [0.5, 0.6) is 5.75 Å². The van der Waals surface area contributed by atoms with E-state index in [1.807, 2.05) is 12.1 Å². The summed E-state index contributed by atoms with van der Waals surface area (Å²) in [4.78, 5) is 17.3. The summed E-state index contributed by atoms with van der Waals surface area (Å²) in [6.07, 6.45) is 4.07. The van der Waals surface area contributed by atoms with E-state index in [4.69, 9.17) is 0 Å². The molecule has 0 aromatic heterocycles. The maximum Gasteiger partial charge on any atom is 0.416 e. The molecule has 2 saturated carbocycles. The van der Waals surface area contributed by atoms with Crippen molar-refractivity contribution >= 4 is 12.0 Å². The van der Waals surface area contributed by atoms with E-state index in [1.54, 1.807) is 24.1 Å². The average molecular weight is 541 g/mol. The molecule has 4 atom stereocenters. The lowest BCUT2D eigenvalue weighted by molar-refractivity contribution is -0.177. The molecule has 4 aliphatic rings. The molecule has 1 amide bonds. The fourth-order valence-corrected chi connectivity index (χ4v) is 7.54. The van der Waals surface area contributed by atoms with E-state index < -0.39 is 22.8 Å². The number of amides is 1. The molecule has 5 nitrogen and oxygen atoms in total. The minimum absolute atomic E-state index is 0.00616. The number of hydrogen-bond donors (Lipinski definition) is 2. The number of rotatable bonds is 5. The molecule has 2 aromatic rings. The zero-order valence-electron chi connectivity index (χ0n) is 22.1. The second-order valence-corrected chi connectivity index (χ2v) is 12.1. The van der Waals surface area contributed by atoms with Crippen molar-refractivity contribution in [2.75, 3.05) is 20.1 Å². The Morgan fingerprint density at radius 2 is 1.95 bits per heavy atom. The van der Waals surface area contributed by atoms with E-state index in [0.29, 0.717) is 30.7 Å². The summed E-state index contributed by atoms with van der Waals surface area (Å²) >= 11 is 0. The molecule has 1 heterocycles. The summed E-state index contributed by atoms with van der Waals surface area (Å²) in [5.41, 5.74) is 0.185. The summed E-state index contributed by atoms with van der Waals surface area (Å²) in [6, 6.07) is 10.3. The van der Waals surface area contributed by atoms with Gasteiger partial charge in [-0.1, -0.05) is 18.2 Å². The zero-order chi connectivity index (χ0) is 27.6. The highest BCUT2D eigenvalue weighted by molar-refractivity contribution is 5.91. The number of carbonyl (C=O) groups is 1. The van der Waals surface area contributed by atoms with Gasteiger partial charge in [0.15, 0.2) is 0 Å². The molecular weight excluding hydrogens is 505 g/mol. The smallest absolute Gasteiger partial charge is 0.416 e. The van der Waals surface area contributed by atoms with Gasteiger partial charge in [0.2, 0.25) is 5.91 Å². The number of likely N-dealkylation sites (tertiary alicyclic amines) is 1. The van der Waals surface area contributed by atoms with E-state index >= 15 is 0 Å². The van der Waals surface area contributed by atoms with Crippen LogP contribution in [0.4, 0.5) is 13.2 Å². The summed E-state index contributed by atoms with van der Waals surface area (Å²) in [5.74, 6) is 0.611. The van der Waals surface area contributed by atoms with E-state index in [1.165, 1.54) is 31.1 Å². The third kappa shape index (κ3) is 4.55. The van der Waals surface area contributed by atoms with Crippen LogP contribution in [-0.2, 0) is 22.8 Å². The lowest BCUT2D eigenvalue weighted by Gasteiger charge is -2.65. The lowest BCUT2D eigenvalue weighted by Crippen LogP contribution is -2.74. The van der Waals surface area contributed by atoms with Crippen molar-refractivity contribution in [2.24, 2.45) is 5.92 Å². The highest BCUT2D eigenvalue weighted by atomic mass is 19.4. The number of carbonyl (C=O) groups excluding carboxylic acids is 1. The fourth-order valence-electron chi connectivity index (χ4n) is 7.54. The van der Waals surface area contributed by atoms with Crippen LogP contribution in [0.25, 0.3) is 6.08 Å². The van der Waals surface area contributed by atoms with Crippen molar-refractivity contribution in [2.45, 2.75) is 74.2 Å². The summed E-state index contributed by atoms with van der Waals surface area (Å²) in [6.45, 7) is 1.89. The molecule has 208 valence electrons. The van der Waals surface area contributed by atoms with Gasteiger partial charge in [-0.05, 0) is 104 Å². The summed E-state index contributed by atoms with van der Waals surface area (Å²) in [7, 11) is 1.73. The number of hydrogen-bond acceptors (Lipinski definition) is 4. The third-order valence-electron chi connectivity index (χ3n) is 9.83. The Labute approximate surface area is 226 Å². The quantitative estimate of drug-likeness (QED) is 0.516. The first-order chi connectivity index (χ1) is 18.5. The number of aromatic hydroxyl groups is 1. The molecular formula is C31H35F3N2O3. The number of alkyl halides is 3. The molecule has 2 N–H and O–H groups in total. The van der Waals surface area contributed by atoms with Gasteiger partial charge in [-0.2, -0.15) is 13.2 Å². The van der Waals surface area contributed by atoms with E-state index in [-0.39, 0.29) is 23.7 Å². The number of likely N-dealkylation sites (N-methyl/N-ethyl adjacent to an activating group) is 1. The molecule has 8 heteroatoms. The molecule has 1 aliphatic heterocycles. The van der Waals surface area contributed by atoms with Gasteiger partial charge in [-0.25, -0.2) is 0 Å². The van der Waals surface area contributed by atoms with Crippen LogP contribution in [0.1, 0.15) is 60.8 Å². The maximum atomic E-state index is 13.2. The zero-order valence-corrected chi connectivity index (χ0v) is 22.1. The topological polar surface area (TPSA) is 64.0 Å². The number of fused-ring (bicyclic) bond motifs is 1. The molecule has 1 saturated heterocycles. The number of nitrogens with zero attached hydrogens (tertiary/aromatic N) is 2. The molecule has 0 radical (unpaired) electrons. The highest BCUT2D eigenvalue weighted by Gasteiger charge is 2.65. The van der Waals surface area contributed by atoms with Crippen LogP contribution in [0.15, 0.2) is 48.5 Å². The van der Waals surface area contributed by atoms with E-state index in [9.17, 15) is 28.2 Å². The van der Waals surface area contributed by atoms with Crippen molar-refractivity contribution in [3.63, 3.8) is 0 Å². The first-order valence-corrected chi connectivity index (χ1v) is 13.9. The van der Waals surface area contributed by atoms with Crippen molar-refractivity contribution in [1.29, 1.82) is 0 Å². The predicted octanol–water partition coefficient (Wildman–Crippen LogP) is 5.14. The van der Waals surface area contributed by atoms with Crippen LogP contribution < -0.4 is 0 Å². The predicted molar refractivity (Wildman–Crippen MR) is 142 cm³/mol. The molecule has 0 unspecified atom stereocenters. The molecule has 2 bridgehead atoms. The molecule has 0 spiro atoms. The Morgan fingerprint density at radius 3 is 2.69 bits per heavy atom. The van der Waals surface area contributed by atoms with Gasteiger partial charge in [0.1, 0.15) is 5.75 Å². The Morgan fingerprint density at radius 1 is 1.15 bits per heavy atom. The number of phenols is 1. The molecule has 3 aliphatic carbocycles. The molecule has 6 rings (SSSR count). The molecule has 2 aromatic carbocycles. The van der Waals surface area contributed by atoms with Crippen molar-refractivity contribution in [3.8, 4) is 5.75 Å². The van der Waals surface area contributed by atoms with Crippen LogP contribution in [0, 0.1) is 5.92 Å². The number of benzene rings is 2. The monoisotopic (exact) mass is 540 g/mol. The van der Waals surface area contributed by atoms with Gasteiger partial charge in [0, 0.05) is 37.2 Å². The van der Waals surface area contributed by atoms with Crippen molar-refractivity contribution in [3.05, 3.63) is 70.8 Å². The number of phenolic OH excluding ortho intramolecular Hbond substituents is 1. The van der Waals surface area contributed by atoms with Gasteiger partial charge in [0.05, 0.1) is 11.2 Å². The van der Waals surface area contributed by atoms with E-state index in [2.05, 4.69) is 4.90 Å². The van der Waals surface area contributed by atoms with E-state index in [0.717, 1.165) is 49.2 Å². The summed E-state index contributed by atoms with van der Waals surface area (Å²) in [5, 5.41) is 22.9. The van der Waals surface area contributed by atoms with Gasteiger partial charge >= 0.3 is 6.18 Å². The van der Waals surface area contributed by atoms with Crippen LogP contribution in [0.3, 0.4) is 0 Å². The minimum atomic E-state index is -4.44. The first-order valence-electron chi connectivity index (χ1n) is 13.9. The number of piperidine rings is 1. The molecule has 3 fully saturated rings. The van der Waals surface area contributed by atoms with Gasteiger partial charge in [-0.3, -0.25) is 9.69 Å². The third-order valence-corrected chi connectivity index (χ3v) is 9.83. The Kier molecular flexibility index (Phi) is 6.34. The Balaban J connectivity index is 1.26. The Hall–Kier alpha value is -2.84. The Bertz CT molecular complexity index is 1310. The maximum absolute atomic E-state index is 13.2. The highest BCUT2D eigenvalue weighted by Crippen LogP contribution is 2.59. The lowest BCUT2D eigenvalue weighted by atomic mass is 9.48. The average Bonchev–Trinajstić information content (AvgIpc) is 3.72. The first kappa shape index (κ1) is 26.4. The number of aliphatic hydroxyl groups is 1. The molecule has 39 heavy (non-hydrogen) atoms. The normalized spacial score (nSPS) is 30.6. The van der Waals surface area contributed by atoms with Gasteiger partial charge in [0.25, 0.3) is 0 Å². The van der Waals surface area contributed by atoms with Crippen molar-refractivity contribution < 1.29 is 28.2 Å². The SMILES string of the molecule is CN(C(=O)C=Cc1cccc(C(F)(F)F)c1)[C@H]1CC[C@@]2(O)[C@H]3Cc4ccc(O)cc4[C@@]2(CCN3CC2CC2)C1. The van der Waals surface area contributed by atoms with Crippen LogP contribution >= 0.6 is 0 Å². The van der Waals surface area contributed by atoms with Gasteiger partial charge < -0.3 is 15.1 Å². The standard InChI is InChI=1S/C31H35F3N2O3/c1-35(28(38)10-7-20-3-2-4-23(15-20)31(32,33)34)24-11-12-30(39)27-16-22-8-9-25(37)17-26(22)29(30,18-24)13-14-36(27)19-21-5-6-21/h2-4,7-10,15,17,21,24,27,37,39H,5-6,11-14,16,18-19H2,1H3/t24-,27+,29+,30+/m0/s1. The second-order valence-electron chi connectivity index (χ2n) is 12.1. The van der Waals surface area contributed by atoms with Crippen molar-refractivity contribution in [1.82, 2.24) is 9.80 Å². The van der Waals surface area contributed by atoms with Crippen LogP contribution in [0.2, 0.25) is 0 Å².